The Hall–Kier alpha value is -2.27. The standard InChI is InChI=1S/C15H14F2N2O/c1-15(18,10-6-3-2-4-7-10)14(20)19-12-9-5-8-11(16)13(12)17/h2-9H,18H2,1H3,(H,19,20). The summed E-state index contributed by atoms with van der Waals surface area (Å²) in [5.41, 5.74) is 4.99. The smallest absolute Gasteiger partial charge is 0.248 e. The second-order valence-electron chi connectivity index (χ2n) is 4.62. The molecule has 3 N–H and O–H groups in total. The normalized spacial score (nSPS) is 13.6. The third kappa shape index (κ3) is 2.67. The highest BCUT2D eigenvalue weighted by Gasteiger charge is 2.31. The monoisotopic (exact) mass is 276 g/mol. The Labute approximate surface area is 115 Å². The van der Waals surface area contributed by atoms with E-state index in [-0.39, 0.29) is 5.69 Å². The molecule has 0 radical (unpaired) electrons. The van der Waals surface area contributed by atoms with Crippen LogP contribution in [0.15, 0.2) is 48.5 Å². The Morgan fingerprint density at radius 2 is 1.75 bits per heavy atom. The number of amides is 1. The summed E-state index contributed by atoms with van der Waals surface area (Å²) in [5, 5.41) is 2.31. The molecular weight excluding hydrogens is 262 g/mol. The third-order valence-electron chi connectivity index (χ3n) is 3.04. The van der Waals surface area contributed by atoms with Gasteiger partial charge in [-0.3, -0.25) is 4.79 Å². The van der Waals surface area contributed by atoms with Crippen molar-refractivity contribution in [1.82, 2.24) is 0 Å². The van der Waals surface area contributed by atoms with Crippen molar-refractivity contribution in [1.29, 1.82) is 0 Å². The van der Waals surface area contributed by atoms with Gasteiger partial charge in [-0.1, -0.05) is 36.4 Å². The molecule has 0 spiro atoms. The van der Waals surface area contributed by atoms with E-state index in [2.05, 4.69) is 5.32 Å². The van der Waals surface area contributed by atoms with E-state index in [9.17, 15) is 13.6 Å². The van der Waals surface area contributed by atoms with Gasteiger partial charge in [-0.25, -0.2) is 8.78 Å². The van der Waals surface area contributed by atoms with Crippen LogP contribution >= 0.6 is 0 Å². The van der Waals surface area contributed by atoms with E-state index in [1.807, 2.05) is 0 Å². The van der Waals surface area contributed by atoms with Gasteiger partial charge < -0.3 is 11.1 Å². The fourth-order valence-electron chi connectivity index (χ4n) is 1.77. The molecule has 0 aliphatic heterocycles. The molecule has 0 aromatic heterocycles. The average Bonchev–Trinajstić information content (AvgIpc) is 2.44. The van der Waals surface area contributed by atoms with Crippen molar-refractivity contribution in [2.24, 2.45) is 5.73 Å². The number of carbonyl (C=O) groups excluding carboxylic acids is 1. The molecule has 0 saturated heterocycles. The molecule has 1 atom stereocenters. The lowest BCUT2D eigenvalue weighted by atomic mass is 9.92. The molecule has 2 aromatic rings. The molecule has 20 heavy (non-hydrogen) atoms. The zero-order valence-electron chi connectivity index (χ0n) is 10.9. The lowest BCUT2D eigenvalue weighted by Crippen LogP contribution is -2.45. The zero-order chi connectivity index (χ0) is 14.8. The maximum absolute atomic E-state index is 13.5. The Balaban J connectivity index is 2.26. The molecule has 0 bridgehead atoms. The van der Waals surface area contributed by atoms with Crippen LogP contribution in [0.3, 0.4) is 0 Å². The van der Waals surface area contributed by atoms with Gasteiger partial charge in [-0.15, -0.1) is 0 Å². The van der Waals surface area contributed by atoms with E-state index in [1.54, 1.807) is 30.3 Å². The Bertz CT molecular complexity index is 627. The van der Waals surface area contributed by atoms with Crippen LogP contribution in [0.5, 0.6) is 0 Å². The molecule has 1 unspecified atom stereocenters. The van der Waals surface area contributed by atoms with E-state index in [0.717, 1.165) is 6.07 Å². The summed E-state index contributed by atoms with van der Waals surface area (Å²) < 4.78 is 26.6. The number of hydrogen-bond donors (Lipinski definition) is 2. The first-order valence-corrected chi connectivity index (χ1v) is 6.03. The van der Waals surface area contributed by atoms with Crippen LogP contribution in [0.25, 0.3) is 0 Å². The number of nitrogens with one attached hydrogen (secondary N) is 1. The van der Waals surface area contributed by atoms with Gasteiger partial charge >= 0.3 is 0 Å². The Morgan fingerprint density at radius 1 is 1.10 bits per heavy atom. The molecule has 0 heterocycles. The highest BCUT2D eigenvalue weighted by atomic mass is 19.2. The first kappa shape index (κ1) is 14.1. The van der Waals surface area contributed by atoms with Crippen LogP contribution < -0.4 is 11.1 Å². The van der Waals surface area contributed by atoms with Gasteiger partial charge in [0.25, 0.3) is 0 Å². The van der Waals surface area contributed by atoms with Gasteiger partial charge in [0.05, 0.1) is 5.69 Å². The van der Waals surface area contributed by atoms with E-state index in [4.69, 9.17) is 5.73 Å². The number of carbonyl (C=O) groups is 1. The minimum Gasteiger partial charge on any atom is -0.322 e. The average molecular weight is 276 g/mol. The Kier molecular flexibility index (Phi) is 3.81. The number of rotatable bonds is 3. The summed E-state index contributed by atoms with van der Waals surface area (Å²) in [5.74, 6) is -2.75. The third-order valence-corrected chi connectivity index (χ3v) is 3.04. The topological polar surface area (TPSA) is 55.1 Å². The summed E-state index contributed by atoms with van der Waals surface area (Å²) in [6.45, 7) is 1.51. The molecule has 3 nitrogen and oxygen atoms in total. The number of hydrogen-bond acceptors (Lipinski definition) is 2. The number of nitrogens with two attached hydrogens (primary N) is 1. The van der Waals surface area contributed by atoms with Crippen LogP contribution in [0.2, 0.25) is 0 Å². The first-order valence-electron chi connectivity index (χ1n) is 6.03. The predicted molar refractivity (Wildman–Crippen MR) is 73.0 cm³/mol. The van der Waals surface area contributed by atoms with Crippen LogP contribution in [-0.4, -0.2) is 5.91 Å². The van der Waals surface area contributed by atoms with Gasteiger partial charge in [-0.2, -0.15) is 0 Å². The van der Waals surface area contributed by atoms with Gasteiger partial charge in [0.1, 0.15) is 5.54 Å². The molecule has 5 heteroatoms. The van der Waals surface area contributed by atoms with E-state index in [0.29, 0.717) is 5.56 Å². The van der Waals surface area contributed by atoms with E-state index in [1.165, 1.54) is 19.1 Å². The summed E-state index contributed by atoms with van der Waals surface area (Å²) in [7, 11) is 0. The minimum absolute atomic E-state index is 0.234. The highest BCUT2D eigenvalue weighted by molar-refractivity contribution is 5.98. The highest BCUT2D eigenvalue weighted by Crippen LogP contribution is 2.22. The van der Waals surface area contributed by atoms with Crippen molar-refractivity contribution in [2.75, 3.05) is 5.32 Å². The SMILES string of the molecule is CC(N)(C(=O)Nc1cccc(F)c1F)c1ccccc1. The lowest BCUT2D eigenvalue weighted by Gasteiger charge is -2.24. The zero-order valence-corrected chi connectivity index (χ0v) is 10.9. The van der Waals surface area contributed by atoms with Crippen molar-refractivity contribution < 1.29 is 13.6 Å². The number of halogens is 2. The quantitative estimate of drug-likeness (QED) is 0.905. The van der Waals surface area contributed by atoms with Crippen molar-refractivity contribution in [3.05, 3.63) is 65.7 Å². The van der Waals surface area contributed by atoms with Crippen LogP contribution in [0, 0.1) is 11.6 Å². The second-order valence-corrected chi connectivity index (χ2v) is 4.62. The summed E-state index contributed by atoms with van der Waals surface area (Å²) >= 11 is 0. The minimum atomic E-state index is -1.35. The lowest BCUT2D eigenvalue weighted by molar-refractivity contribution is -0.120. The fraction of sp³-hybridized carbons (Fsp3) is 0.133. The molecule has 2 rings (SSSR count). The summed E-state index contributed by atoms with van der Waals surface area (Å²) in [6, 6.07) is 12.2. The molecule has 104 valence electrons. The summed E-state index contributed by atoms with van der Waals surface area (Å²) in [6.07, 6.45) is 0. The Morgan fingerprint density at radius 3 is 2.40 bits per heavy atom. The van der Waals surface area contributed by atoms with E-state index < -0.39 is 23.1 Å². The van der Waals surface area contributed by atoms with Crippen LogP contribution in [0.4, 0.5) is 14.5 Å². The van der Waals surface area contributed by atoms with Crippen molar-refractivity contribution in [2.45, 2.75) is 12.5 Å². The molecule has 0 aliphatic carbocycles. The van der Waals surface area contributed by atoms with Crippen molar-refractivity contribution >= 4 is 11.6 Å². The first-order chi connectivity index (χ1) is 9.43. The summed E-state index contributed by atoms with van der Waals surface area (Å²) in [4.78, 5) is 12.2. The molecule has 0 saturated carbocycles. The van der Waals surface area contributed by atoms with Gasteiger partial charge in [0.2, 0.25) is 5.91 Å². The van der Waals surface area contributed by atoms with Crippen molar-refractivity contribution in [3.63, 3.8) is 0 Å². The second kappa shape index (κ2) is 5.38. The molecule has 0 fully saturated rings. The maximum Gasteiger partial charge on any atom is 0.248 e. The molecule has 1 amide bonds. The van der Waals surface area contributed by atoms with Crippen LogP contribution in [0.1, 0.15) is 12.5 Å². The fourth-order valence-corrected chi connectivity index (χ4v) is 1.77. The largest absolute Gasteiger partial charge is 0.322 e. The molecule has 0 aliphatic rings. The molecule has 2 aromatic carbocycles. The molecular formula is C15H14F2N2O. The number of anilines is 1. The van der Waals surface area contributed by atoms with Crippen LogP contribution in [-0.2, 0) is 10.3 Å². The van der Waals surface area contributed by atoms with E-state index >= 15 is 0 Å². The van der Waals surface area contributed by atoms with Gasteiger partial charge in [0.15, 0.2) is 11.6 Å². The maximum atomic E-state index is 13.5. The number of benzene rings is 2. The van der Waals surface area contributed by atoms with Gasteiger partial charge in [-0.05, 0) is 24.6 Å². The predicted octanol–water partition coefficient (Wildman–Crippen LogP) is 2.78. The van der Waals surface area contributed by atoms with Gasteiger partial charge in [0, 0.05) is 0 Å². The van der Waals surface area contributed by atoms with Crippen molar-refractivity contribution in [3.8, 4) is 0 Å².